The highest BCUT2D eigenvalue weighted by molar-refractivity contribution is 7.20. The van der Waals surface area contributed by atoms with Crippen LogP contribution in [0.5, 0.6) is 5.75 Å². The van der Waals surface area contributed by atoms with Crippen LogP contribution in [-0.2, 0) is 6.42 Å². The summed E-state index contributed by atoms with van der Waals surface area (Å²) in [5, 5.41) is 33.5. The van der Waals surface area contributed by atoms with Gasteiger partial charge >= 0.3 is 5.69 Å². The van der Waals surface area contributed by atoms with E-state index in [2.05, 4.69) is 16.0 Å². The van der Waals surface area contributed by atoms with Crippen LogP contribution in [0.25, 0.3) is 0 Å². The fourth-order valence-corrected chi connectivity index (χ4v) is 5.84. The Kier molecular flexibility index (Phi) is 5.11. The highest BCUT2D eigenvalue weighted by atomic mass is 32.1. The summed E-state index contributed by atoms with van der Waals surface area (Å²) in [7, 11) is 0. The minimum Gasteiger partial charge on any atom is -0.502 e. The molecule has 8 heteroatoms. The Hall–Kier alpha value is -3.70. The lowest BCUT2D eigenvalue weighted by molar-refractivity contribution is -0.385. The number of aliphatic imine (C=N–C) groups is 1. The van der Waals surface area contributed by atoms with E-state index in [1.54, 1.807) is 6.07 Å². The molecule has 0 atom stereocenters. The minimum absolute atomic E-state index is 0.267. The predicted molar refractivity (Wildman–Crippen MR) is 124 cm³/mol. The largest absolute Gasteiger partial charge is 0.502 e. The molecule has 0 unspecified atom stereocenters. The van der Waals surface area contributed by atoms with Gasteiger partial charge in [0.2, 0.25) is 5.75 Å². The van der Waals surface area contributed by atoms with Crippen molar-refractivity contribution in [2.45, 2.75) is 25.2 Å². The zero-order valence-electron chi connectivity index (χ0n) is 17.2. The molecule has 0 amide bonds. The Balaban J connectivity index is 1.54. The summed E-state index contributed by atoms with van der Waals surface area (Å²) in [6.45, 7) is 2.00. The van der Waals surface area contributed by atoms with Gasteiger partial charge in [-0.25, -0.2) is 4.99 Å². The first-order valence-corrected chi connectivity index (χ1v) is 11.3. The summed E-state index contributed by atoms with van der Waals surface area (Å²) < 4.78 is 0. The molecule has 1 saturated heterocycles. The fraction of sp³-hybridized carbons (Fsp3) is 0.250. The number of hydrogen-bond acceptors (Lipinski definition) is 7. The van der Waals surface area contributed by atoms with E-state index in [4.69, 9.17) is 0 Å². The van der Waals surface area contributed by atoms with Gasteiger partial charge in [0.1, 0.15) is 11.1 Å². The Morgan fingerprint density at radius 2 is 2.00 bits per heavy atom. The van der Waals surface area contributed by atoms with Crippen LogP contribution in [0.15, 0.2) is 47.5 Å². The number of nitriles is 1. The van der Waals surface area contributed by atoms with Crippen molar-refractivity contribution in [1.29, 1.82) is 5.26 Å². The van der Waals surface area contributed by atoms with Gasteiger partial charge in [-0.1, -0.05) is 41.7 Å². The van der Waals surface area contributed by atoms with Gasteiger partial charge in [-0.3, -0.25) is 10.1 Å². The van der Waals surface area contributed by atoms with E-state index in [9.17, 15) is 20.5 Å². The van der Waals surface area contributed by atoms with Gasteiger partial charge < -0.3 is 10.0 Å². The number of rotatable bonds is 5. The highest BCUT2D eigenvalue weighted by Gasteiger charge is 2.36. The van der Waals surface area contributed by atoms with E-state index in [1.807, 2.05) is 30.3 Å². The minimum atomic E-state index is -0.587. The van der Waals surface area contributed by atoms with Crippen molar-refractivity contribution in [2.24, 2.45) is 4.99 Å². The van der Waals surface area contributed by atoms with Crippen LogP contribution in [0.4, 0.5) is 15.7 Å². The van der Waals surface area contributed by atoms with Crippen molar-refractivity contribution < 1.29 is 10.0 Å². The quantitative estimate of drug-likeness (QED) is 0.328. The molecule has 3 aliphatic heterocycles. The second-order valence-corrected chi connectivity index (χ2v) is 9.08. The molecule has 3 aliphatic rings. The Morgan fingerprint density at radius 3 is 2.69 bits per heavy atom. The molecule has 1 N–H and O–H groups in total. The van der Waals surface area contributed by atoms with Crippen LogP contribution >= 0.6 is 11.3 Å². The maximum absolute atomic E-state index is 11.5. The number of benzene rings is 2. The van der Waals surface area contributed by atoms with E-state index >= 15 is 0 Å². The average molecular weight is 445 g/mol. The van der Waals surface area contributed by atoms with Crippen molar-refractivity contribution in [3.8, 4) is 11.8 Å². The molecule has 0 spiro atoms. The smallest absolute Gasteiger partial charge is 0.311 e. The number of phenolic OH excluding ortho intramolecular Hbond substituents is 1. The number of piperidine rings is 1. The first-order valence-electron chi connectivity index (χ1n) is 10.4. The molecule has 4 heterocycles. The number of fused-ring (bicyclic) bond motifs is 2. The number of thiophene rings is 1. The molecule has 1 fully saturated rings. The lowest BCUT2D eigenvalue weighted by atomic mass is 9.84. The van der Waals surface area contributed by atoms with Gasteiger partial charge in [0.05, 0.1) is 15.5 Å². The summed E-state index contributed by atoms with van der Waals surface area (Å²) in [4.78, 5) is 17.8. The van der Waals surface area contributed by atoms with Crippen LogP contribution in [0.1, 0.15) is 46.6 Å². The van der Waals surface area contributed by atoms with Crippen molar-refractivity contribution in [1.82, 2.24) is 0 Å². The molecule has 32 heavy (non-hydrogen) atoms. The van der Waals surface area contributed by atoms with E-state index in [0.29, 0.717) is 28.5 Å². The third kappa shape index (κ3) is 3.51. The zero-order chi connectivity index (χ0) is 22.2. The van der Waals surface area contributed by atoms with Gasteiger partial charge in [0.15, 0.2) is 0 Å². The van der Waals surface area contributed by atoms with Crippen LogP contribution in [-0.4, -0.2) is 29.3 Å². The van der Waals surface area contributed by atoms with Gasteiger partial charge in [0, 0.05) is 36.5 Å². The second kappa shape index (κ2) is 8.09. The molecule has 0 aliphatic carbocycles. The number of nitro groups is 1. The summed E-state index contributed by atoms with van der Waals surface area (Å²) in [6, 6.07) is 15.1. The molecule has 7 nitrogen and oxygen atoms in total. The van der Waals surface area contributed by atoms with E-state index < -0.39 is 10.7 Å². The molecular formula is C24H20N4O3S. The lowest BCUT2D eigenvalue weighted by Gasteiger charge is -2.39. The molecule has 0 saturated carbocycles. The Bertz CT molecular complexity index is 1270. The van der Waals surface area contributed by atoms with E-state index in [-0.39, 0.29) is 11.3 Å². The first-order chi connectivity index (χ1) is 15.5. The summed E-state index contributed by atoms with van der Waals surface area (Å²) in [6.07, 6.45) is 4.04. The number of anilines is 1. The Morgan fingerprint density at radius 1 is 1.25 bits per heavy atom. The second-order valence-electron chi connectivity index (χ2n) is 8.10. The number of nitrogens with zero attached hydrogens (tertiary/aromatic N) is 4. The monoisotopic (exact) mass is 444 g/mol. The third-order valence-electron chi connectivity index (χ3n) is 6.16. The van der Waals surface area contributed by atoms with Gasteiger partial charge in [0.25, 0.3) is 0 Å². The third-order valence-corrected chi connectivity index (χ3v) is 7.33. The number of aromatic hydroxyl groups is 1. The van der Waals surface area contributed by atoms with E-state index in [1.165, 1.54) is 23.6 Å². The molecule has 160 valence electrons. The van der Waals surface area contributed by atoms with Gasteiger partial charge in [-0.05, 0) is 42.4 Å². The molecule has 2 bridgehead atoms. The van der Waals surface area contributed by atoms with Gasteiger partial charge in [-0.2, -0.15) is 5.26 Å². The summed E-state index contributed by atoms with van der Waals surface area (Å²) in [5.74, 6) is -0.0206. The van der Waals surface area contributed by atoms with Crippen LogP contribution in [0, 0.1) is 21.4 Å². The summed E-state index contributed by atoms with van der Waals surface area (Å²) in [5.41, 5.74) is 3.31. The maximum atomic E-state index is 11.5. The Labute approximate surface area is 189 Å². The molecule has 6 rings (SSSR count). The number of phenols is 1. The maximum Gasteiger partial charge on any atom is 0.311 e. The number of hydrogen-bond donors (Lipinski definition) is 1. The van der Waals surface area contributed by atoms with Crippen molar-refractivity contribution in [2.75, 3.05) is 18.0 Å². The van der Waals surface area contributed by atoms with E-state index in [0.717, 1.165) is 42.1 Å². The van der Waals surface area contributed by atoms with Crippen molar-refractivity contribution in [3.05, 3.63) is 80.4 Å². The SMILES string of the molecule is N#Cc1c(N=Cc2cc(Cc3ccccc3)cc([N+](=O)[O-])c2O)sc2c1C1CCN2CC1. The zero-order valence-corrected chi connectivity index (χ0v) is 18.0. The first kappa shape index (κ1) is 20.2. The summed E-state index contributed by atoms with van der Waals surface area (Å²) >= 11 is 1.48. The van der Waals surface area contributed by atoms with Crippen molar-refractivity contribution in [3.63, 3.8) is 0 Å². The topological polar surface area (TPSA) is 103 Å². The molecule has 3 aromatic rings. The standard InChI is InChI=1S/C24H20N4O3S/c25-13-19-21-17-6-8-27(9-7-17)24(21)32-23(19)26-14-18-11-16(10-15-4-2-1-3-5-15)12-20(22(18)29)28(30)31/h1-5,11-12,14,17,29H,6-10H2. The molecule has 0 radical (unpaired) electrons. The van der Waals surface area contributed by atoms with Gasteiger partial charge in [-0.15, -0.1) is 0 Å². The van der Waals surface area contributed by atoms with Crippen LogP contribution in [0.2, 0.25) is 0 Å². The number of nitro benzene ring substituents is 1. The van der Waals surface area contributed by atoms with Crippen LogP contribution in [0.3, 0.4) is 0 Å². The molecule has 1 aromatic heterocycles. The molecular weight excluding hydrogens is 424 g/mol. The fourth-order valence-electron chi connectivity index (χ4n) is 4.60. The lowest BCUT2D eigenvalue weighted by Crippen LogP contribution is -2.37. The predicted octanol–water partition coefficient (Wildman–Crippen LogP) is 5.27. The van der Waals surface area contributed by atoms with Crippen molar-refractivity contribution >= 4 is 33.2 Å². The normalized spacial score (nSPS) is 15.2. The molecule has 2 aromatic carbocycles. The average Bonchev–Trinajstić information content (AvgIpc) is 3.21. The van der Waals surface area contributed by atoms with Crippen LogP contribution < -0.4 is 4.90 Å². The highest BCUT2D eigenvalue weighted by Crippen LogP contribution is 2.52.